The first kappa shape index (κ1) is 11.9. The number of aromatic amines is 1. The molecule has 2 N–H and O–H groups in total. The van der Waals surface area contributed by atoms with E-state index in [0.717, 1.165) is 4.47 Å². The minimum absolute atomic E-state index is 0.0567. The second-order valence-corrected chi connectivity index (χ2v) is 5.00. The number of hydrogen-bond acceptors (Lipinski definition) is 3. The summed E-state index contributed by atoms with van der Waals surface area (Å²) in [7, 11) is 0. The zero-order valence-corrected chi connectivity index (χ0v) is 11.3. The number of rotatable bonds is 1. The summed E-state index contributed by atoms with van der Waals surface area (Å²) in [5, 5.41) is 10.9. The molecule has 4 nitrogen and oxygen atoms in total. The highest BCUT2D eigenvalue weighted by Crippen LogP contribution is 2.32. The molecule has 5 heteroatoms. The summed E-state index contributed by atoms with van der Waals surface area (Å²) < 4.78 is 0.828. The first-order valence-electron chi connectivity index (χ1n) is 5.63. The van der Waals surface area contributed by atoms with E-state index in [-0.39, 0.29) is 16.9 Å². The number of nitrogens with zero attached hydrogens (tertiary/aromatic N) is 1. The Kier molecular flexibility index (Phi) is 2.83. The summed E-state index contributed by atoms with van der Waals surface area (Å²) in [6.07, 6.45) is 1.58. The molecule has 3 aromatic rings. The summed E-state index contributed by atoms with van der Waals surface area (Å²) in [6, 6.07) is 10.5. The molecule has 0 fully saturated rings. The topological polar surface area (TPSA) is 66.0 Å². The smallest absolute Gasteiger partial charge is 0.261 e. The van der Waals surface area contributed by atoms with Crippen molar-refractivity contribution in [3.05, 3.63) is 57.4 Å². The van der Waals surface area contributed by atoms with E-state index in [1.54, 1.807) is 42.6 Å². The number of aromatic nitrogens is 2. The van der Waals surface area contributed by atoms with Crippen molar-refractivity contribution in [2.24, 2.45) is 0 Å². The maximum atomic E-state index is 12.1. The van der Waals surface area contributed by atoms with Crippen molar-refractivity contribution in [1.29, 1.82) is 0 Å². The van der Waals surface area contributed by atoms with Gasteiger partial charge in [0.25, 0.3) is 5.56 Å². The summed E-state index contributed by atoms with van der Waals surface area (Å²) >= 11 is 3.35. The predicted molar refractivity (Wildman–Crippen MR) is 77.2 cm³/mol. The second-order valence-electron chi connectivity index (χ2n) is 4.08. The molecule has 0 aliphatic heterocycles. The molecule has 2 heterocycles. The lowest BCUT2D eigenvalue weighted by Gasteiger charge is -2.07. The van der Waals surface area contributed by atoms with E-state index >= 15 is 0 Å². The molecule has 0 bridgehead atoms. The molecule has 0 aliphatic carbocycles. The summed E-state index contributed by atoms with van der Waals surface area (Å²) in [6.45, 7) is 0. The van der Waals surface area contributed by atoms with Gasteiger partial charge in [0.05, 0.1) is 11.2 Å². The van der Waals surface area contributed by atoms with Crippen molar-refractivity contribution in [1.82, 2.24) is 9.97 Å². The van der Waals surface area contributed by atoms with Crippen LogP contribution in [0, 0.1) is 0 Å². The van der Waals surface area contributed by atoms with E-state index in [1.807, 2.05) is 0 Å². The molecule has 0 radical (unpaired) electrons. The molecule has 19 heavy (non-hydrogen) atoms. The predicted octanol–water partition coefficient (Wildman–Crippen LogP) is 3.06. The minimum Gasteiger partial charge on any atom is -0.506 e. The van der Waals surface area contributed by atoms with Crippen LogP contribution in [0.3, 0.4) is 0 Å². The van der Waals surface area contributed by atoms with Crippen LogP contribution >= 0.6 is 15.9 Å². The summed E-state index contributed by atoms with van der Waals surface area (Å²) in [5.74, 6) is -0.0567. The van der Waals surface area contributed by atoms with E-state index in [9.17, 15) is 9.90 Å². The van der Waals surface area contributed by atoms with Gasteiger partial charge in [-0.05, 0) is 30.3 Å². The minimum atomic E-state index is -0.356. The van der Waals surface area contributed by atoms with Gasteiger partial charge in [-0.15, -0.1) is 0 Å². The van der Waals surface area contributed by atoms with Crippen molar-refractivity contribution in [2.45, 2.75) is 0 Å². The van der Waals surface area contributed by atoms with Crippen LogP contribution in [0.2, 0.25) is 0 Å². The molecule has 0 aliphatic rings. The Morgan fingerprint density at radius 1 is 1.21 bits per heavy atom. The highest BCUT2D eigenvalue weighted by molar-refractivity contribution is 9.10. The molecule has 3 rings (SSSR count). The van der Waals surface area contributed by atoms with Gasteiger partial charge in [-0.25, -0.2) is 0 Å². The third-order valence-corrected chi connectivity index (χ3v) is 3.36. The number of nitrogens with one attached hydrogen (secondary N) is 1. The number of halogens is 1. The zero-order chi connectivity index (χ0) is 13.4. The Bertz CT molecular complexity index is 813. The van der Waals surface area contributed by atoms with Crippen LogP contribution in [0.1, 0.15) is 0 Å². The molecule has 0 saturated heterocycles. The first-order valence-corrected chi connectivity index (χ1v) is 6.42. The van der Waals surface area contributed by atoms with Crippen molar-refractivity contribution >= 4 is 26.8 Å². The Hall–Kier alpha value is -2.14. The fourth-order valence-electron chi connectivity index (χ4n) is 2.00. The summed E-state index contributed by atoms with van der Waals surface area (Å²) in [5.41, 5.74) is 0.866. The number of hydrogen-bond donors (Lipinski definition) is 2. The number of benzene rings is 1. The van der Waals surface area contributed by atoms with E-state index in [0.29, 0.717) is 16.6 Å². The molecule has 0 amide bonds. The van der Waals surface area contributed by atoms with Crippen LogP contribution in [0.4, 0.5) is 0 Å². The normalized spacial score (nSPS) is 10.8. The lowest BCUT2D eigenvalue weighted by molar-refractivity contribution is 0.482. The highest BCUT2D eigenvalue weighted by atomic mass is 79.9. The van der Waals surface area contributed by atoms with Gasteiger partial charge in [0.1, 0.15) is 11.3 Å². The van der Waals surface area contributed by atoms with Crippen molar-refractivity contribution in [3.63, 3.8) is 0 Å². The van der Waals surface area contributed by atoms with Crippen molar-refractivity contribution in [3.8, 4) is 17.0 Å². The summed E-state index contributed by atoms with van der Waals surface area (Å²) in [4.78, 5) is 18.9. The molecule has 94 valence electrons. The van der Waals surface area contributed by atoms with Gasteiger partial charge in [-0.1, -0.05) is 22.0 Å². The number of pyridine rings is 2. The van der Waals surface area contributed by atoms with Gasteiger partial charge in [0.15, 0.2) is 0 Å². The van der Waals surface area contributed by atoms with Crippen LogP contribution in [-0.4, -0.2) is 15.1 Å². The largest absolute Gasteiger partial charge is 0.506 e. The molecular formula is C14H9BrN2O2. The second kappa shape index (κ2) is 4.51. The van der Waals surface area contributed by atoms with Gasteiger partial charge in [0.2, 0.25) is 0 Å². The van der Waals surface area contributed by atoms with Gasteiger partial charge >= 0.3 is 0 Å². The van der Waals surface area contributed by atoms with Crippen molar-refractivity contribution in [2.75, 3.05) is 0 Å². The van der Waals surface area contributed by atoms with Crippen LogP contribution in [0.25, 0.3) is 22.2 Å². The highest BCUT2D eigenvalue weighted by Gasteiger charge is 2.14. The average Bonchev–Trinajstić information content (AvgIpc) is 2.41. The fraction of sp³-hybridized carbons (Fsp3) is 0. The Labute approximate surface area is 116 Å². The van der Waals surface area contributed by atoms with Crippen LogP contribution in [0.5, 0.6) is 5.75 Å². The van der Waals surface area contributed by atoms with Crippen LogP contribution in [0.15, 0.2) is 51.9 Å². The Balaban J connectivity index is 2.40. The molecule has 1 aromatic carbocycles. The average molecular weight is 317 g/mol. The maximum absolute atomic E-state index is 12.1. The SMILES string of the molecule is O=c1[nH]c2ccc(Br)cc2c(O)c1-c1ccccn1. The molecule has 0 unspecified atom stereocenters. The van der Waals surface area contributed by atoms with E-state index in [4.69, 9.17) is 0 Å². The Morgan fingerprint density at radius 2 is 2.05 bits per heavy atom. The number of fused-ring (bicyclic) bond motifs is 1. The Morgan fingerprint density at radius 3 is 2.79 bits per heavy atom. The molecule has 0 spiro atoms. The number of aromatic hydroxyl groups is 1. The van der Waals surface area contributed by atoms with Gasteiger partial charge in [0, 0.05) is 16.1 Å². The standard InChI is InChI=1S/C14H9BrN2O2/c15-8-4-5-10-9(7-8)13(18)12(14(19)17-10)11-3-1-2-6-16-11/h1-7H,(H2,17,18,19). The van der Waals surface area contributed by atoms with Crippen LogP contribution < -0.4 is 5.56 Å². The third kappa shape index (κ3) is 2.02. The van der Waals surface area contributed by atoms with Gasteiger partial charge < -0.3 is 10.1 Å². The van der Waals surface area contributed by atoms with Crippen LogP contribution in [-0.2, 0) is 0 Å². The molecule has 0 atom stereocenters. The number of H-pyrrole nitrogens is 1. The van der Waals surface area contributed by atoms with E-state index in [2.05, 4.69) is 25.9 Å². The molecule has 0 saturated carbocycles. The fourth-order valence-corrected chi connectivity index (χ4v) is 2.36. The lowest BCUT2D eigenvalue weighted by atomic mass is 10.1. The van der Waals surface area contributed by atoms with Gasteiger partial charge in [-0.3, -0.25) is 9.78 Å². The first-order chi connectivity index (χ1) is 9.16. The third-order valence-electron chi connectivity index (χ3n) is 2.87. The molecular weight excluding hydrogens is 308 g/mol. The van der Waals surface area contributed by atoms with Gasteiger partial charge in [-0.2, -0.15) is 0 Å². The zero-order valence-electron chi connectivity index (χ0n) is 9.72. The monoisotopic (exact) mass is 316 g/mol. The van der Waals surface area contributed by atoms with E-state index < -0.39 is 0 Å². The lowest BCUT2D eigenvalue weighted by Crippen LogP contribution is -2.10. The van der Waals surface area contributed by atoms with E-state index in [1.165, 1.54) is 0 Å². The molecule has 2 aromatic heterocycles. The maximum Gasteiger partial charge on any atom is 0.261 e. The van der Waals surface area contributed by atoms with Crippen molar-refractivity contribution < 1.29 is 5.11 Å². The quantitative estimate of drug-likeness (QED) is 0.725.